The van der Waals surface area contributed by atoms with Crippen molar-refractivity contribution in [1.82, 2.24) is 0 Å². The first-order valence-electron chi connectivity index (χ1n) is 8.21. The largest absolute Gasteiger partial charge is 0.206 e. The molecule has 0 amide bonds. The maximum absolute atomic E-state index is 14.3. The molecule has 3 heteroatoms. The maximum atomic E-state index is 14.3. The summed E-state index contributed by atoms with van der Waals surface area (Å²) in [6.45, 7) is 0. The van der Waals surface area contributed by atoms with Crippen molar-refractivity contribution >= 4 is 13.3 Å². The van der Waals surface area contributed by atoms with Gasteiger partial charge in [-0.1, -0.05) is 48.7 Å². The first-order valence-corrected chi connectivity index (χ1v) is 8.21. The standard InChI is InChI=1S/C20H19BF2/c21-17-9-6-14(7-10-17)8-11-18-19(22)12-16(13-20(18)23)15-4-2-1-3-5-15/h6-7,9-10,12-13,15H,1-5,21H2. The van der Waals surface area contributed by atoms with Crippen LogP contribution in [0.15, 0.2) is 36.4 Å². The van der Waals surface area contributed by atoms with E-state index in [9.17, 15) is 8.78 Å². The summed E-state index contributed by atoms with van der Waals surface area (Å²) >= 11 is 0. The lowest BCUT2D eigenvalue weighted by Gasteiger charge is -2.22. The van der Waals surface area contributed by atoms with Gasteiger partial charge in [-0.05, 0) is 48.6 Å². The summed E-state index contributed by atoms with van der Waals surface area (Å²) in [7, 11) is 1.99. The van der Waals surface area contributed by atoms with E-state index in [0.717, 1.165) is 42.3 Å². The molecule has 0 unspecified atom stereocenters. The smallest absolute Gasteiger partial charge is 0.142 e. The highest BCUT2D eigenvalue weighted by atomic mass is 19.1. The Labute approximate surface area is 137 Å². The molecule has 0 atom stereocenters. The van der Waals surface area contributed by atoms with Gasteiger partial charge in [0.05, 0.1) is 5.56 Å². The molecule has 2 aromatic rings. The molecule has 0 saturated heterocycles. The average Bonchev–Trinajstić information content (AvgIpc) is 2.56. The molecule has 0 bridgehead atoms. The van der Waals surface area contributed by atoms with Crippen LogP contribution in [0.4, 0.5) is 8.78 Å². The Kier molecular flexibility index (Phi) is 4.81. The number of hydrogen-bond acceptors (Lipinski definition) is 0. The van der Waals surface area contributed by atoms with Crippen molar-refractivity contribution in [3.05, 3.63) is 64.7 Å². The van der Waals surface area contributed by atoms with E-state index in [4.69, 9.17) is 0 Å². The molecule has 0 aromatic heterocycles. The SMILES string of the molecule is Bc1ccc(C#Cc2c(F)cc(C3CCCCC3)cc2F)cc1. The fourth-order valence-electron chi connectivity index (χ4n) is 3.16. The van der Waals surface area contributed by atoms with Crippen molar-refractivity contribution in [3.8, 4) is 11.8 Å². The Balaban J connectivity index is 1.87. The van der Waals surface area contributed by atoms with Gasteiger partial charge < -0.3 is 0 Å². The van der Waals surface area contributed by atoms with Crippen LogP contribution in [-0.4, -0.2) is 7.85 Å². The molecule has 23 heavy (non-hydrogen) atoms. The fourth-order valence-corrected chi connectivity index (χ4v) is 3.16. The summed E-state index contributed by atoms with van der Waals surface area (Å²) in [5.41, 5.74) is 2.53. The van der Waals surface area contributed by atoms with Crippen molar-refractivity contribution in [1.29, 1.82) is 0 Å². The molecule has 0 radical (unpaired) electrons. The number of benzene rings is 2. The van der Waals surface area contributed by atoms with E-state index in [1.54, 1.807) is 0 Å². The van der Waals surface area contributed by atoms with Crippen LogP contribution >= 0.6 is 0 Å². The molecule has 0 N–H and O–H groups in total. The Morgan fingerprint density at radius 2 is 1.48 bits per heavy atom. The Morgan fingerprint density at radius 3 is 2.09 bits per heavy atom. The van der Waals surface area contributed by atoms with Crippen LogP contribution in [0.1, 0.15) is 54.7 Å². The molecule has 1 fully saturated rings. The normalized spacial score (nSPS) is 15.0. The molecule has 2 aromatic carbocycles. The minimum Gasteiger partial charge on any atom is -0.206 e. The van der Waals surface area contributed by atoms with Crippen molar-refractivity contribution < 1.29 is 8.78 Å². The quantitative estimate of drug-likeness (QED) is 0.557. The summed E-state index contributed by atoms with van der Waals surface area (Å²) in [5.74, 6) is 4.67. The summed E-state index contributed by atoms with van der Waals surface area (Å²) < 4.78 is 28.6. The summed E-state index contributed by atoms with van der Waals surface area (Å²) in [5, 5.41) is 0. The van der Waals surface area contributed by atoms with Crippen LogP contribution in [0, 0.1) is 23.5 Å². The minimum absolute atomic E-state index is 0.134. The van der Waals surface area contributed by atoms with E-state index in [0.29, 0.717) is 0 Å². The van der Waals surface area contributed by atoms with E-state index >= 15 is 0 Å². The second-order valence-electron chi connectivity index (χ2n) is 6.31. The molecule has 1 aliphatic carbocycles. The van der Waals surface area contributed by atoms with Gasteiger partial charge in [-0.2, -0.15) is 0 Å². The molecule has 0 aliphatic heterocycles. The van der Waals surface area contributed by atoms with Gasteiger partial charge in [-0.3, -0.25) is 0 Å². The van der Waals surface area contributed by atoms with Crippen molar-refractivity contribution in [2.45, 2.75) is 38.0 Å². The second-order valence-corrected chi connectivity index (χ2v) is 6.31. The van der Waals surface area contributed by atoms with Crippen LogP contribution < -0.4 is 5.46 Å². The predicted octanol–water partition coefficient (Wildman–Crippen LogP) is 3.67. The summed E-state index contributed by atoms with van der Waals surface area (Å²) in [6.07, 6.45) is 5.55. The van der Waals surface area contributed by atoms with E-state index in [2.05, 4.69) is 11.8 Å². The van der Waals surface area contributed by atoms with Gasteiger partial charge in [0, 0.05) is 5.56 Å². The number of hydrogen-bond donors (Lipinski definition) is 0. The molecule has 0 nitrogen and oxygen atoms in total. The second kappa shape index (κ2) is 7.00. The molecule has 0 spiro atoms. The van der Waals surface area contributed by atoms with Crippen LogP contribution in [0.25, 0.3) is 0 Å². The monoisotopic (exact) mass is 308 g/mol. The third kappa shape index (κ3) is 3.82. The van der Waals surface area contributed by atoms with Crippen LogP contribution in [0.3, 0.4) is 0 Å². The number of halogens is 2. The van der Waals surface area contributed by atoms with E-state index < -0.39 is 11.6 Å². The van der Waals surface area contributed by atoms with Gasteiger partial charge in [0.1, 0.15) is 19.5 Å². The van der Waals surface area contributed by atoms with Crippen LogP contribution in [0.5, 0.6) is 0 Å². The van der Waals surface area contributed by atoms with Gasteiger partial charge in [-0.25, -0.2) is 8.78 Å². The number of rotatable bonds is 1. The Bertz CT molecular complexity index is 724. The third-order valence-electron chi connectivity index (χ3n) is 4.52. The zero-order valence-corrected chi connectivity index (χ0v) is 13.3. The van der Waals surface area contributed by atoms with Gasteiger partial charge in [-0.15, -0.1) is 0 Å². The molecule has 1 saturated carbocycles. The lowest BCUT2D eigenvalue weighted by atomic mass is 9.84. The van der Waals surface area contributed by atoms with Gasteiger partial charge in [0.25, 0.3) is 0 Å². The highest BCUT2D eigenvalue weighted by Crippen LogP contribution is 2.33. The van der Waals surface area contributed by atoms with E-state index in [-0.39, 0.29) is 11.5 Å². The first kappa shape index (κ1) is 15.8. The molecule has 3 rings (SSSR count). The first-order chi connectivity index (χ1) is 11.1. The Morgan fingerprint density at radius 1 is 0.870 bits per heavy atom. The predicted molar refractivity (Wildman–Crippen MR) is 92.8 cm³/mol. The molecule has 0 heterocycles. The lowest BCUT2D eigenvalue weighted by Crippen LogP contribution is -2.06. The van der Waals surface area contributed by atoms with Crippen molar-refractivity contribution in [2.75, 3.05) is 0 Å². The molecular weight excluding hydrogens is 289 g/mol. The molecular formula is C20H19BF2. The summed E-state index contributed by atoms with van der Waals surface area (Å²) in [4.78, 5) is 0. The van der Waals surface area contributed by atoms with E-state index in [1.165, 1.54) is 18.6 Å². The average molecular weight is 308 g/mol. The molecule has 1 aliphatic rings. The van der Waals surface area contributed by atoms with Gasteiger partial charge in [0.15, 0.2) is 0 Å². The summed E-state index contributed by atoms with van der Waals surface area (Å²) in [6, 6.07) is 10.5. The van der Waals surface area contributed by atoms with Crippen molar-refractivity contribution in [2.24, 2.45) is 0 Å². The third-order valence-corrected chi connectivity index (χ3v) is 4.52. The minimum atomic E-state index is -0.551. The van der Waals surface area contributed by atoms with Gasteiger partial charge in [0.2, 0.25) is 0 Å². The zero-order chi connectivity index (χ0) is 16.2. The maximum Gasteiger partial charge on any atom is 0.142 e. The Hall–Kier alpha value is -2.08. The van der Waals surface area contributed by atoms with Crippen LogP contribution in [0.2, 0.25) is 0 Å². The fraction of sp³-hybridized carbons (Fsp3) is 0.300. The molecule has 116 valence electrons. The van der Waals surface area contributed by atoms with Crippen molar-refractivity contribution in [3.63, 3.8) is 0 Å². The highest BCUT2D eigenvalue weighted by molar-refractivity contribution is 6.32. The zero-order valence-electron chi connectivity index (χ0n) is 13.3. The lowest BCUT2D eigenvalue weighted by molar-refractivity contribution is 0.439. The van der Waals surface area contributed by atoms with Crippen LogP contribution in [-0.2, 0) is 0 Å². The van der Waals surface area contributed by atoms with Gasteiger partial charge >= 0.3 is 0 Å². The topological polar surface area (TPSA) is 0 Å². The highest BCUT2D eigenvalue weighted by Gasteiger charge is 2.19. The van der Waals surface area contributed by atoms with E-state index in [1.807, 2.05) is 32.1 Å².